The first kappa shape index (κ1) is 16.7. The molecule has 0 amide bonds. The van der Waals surface area contributed by atoms with Gasteiger partial charge in [0.15, 0.2) is 12.4 Å². The van der Waals surface area contributed by atoms with Gasteiger partial charge in [-0.1, -0.05) is 50.0 Å². The molecule has 0 aliphatic carbocycles. The van der Waals surface area contributed by atoms with Crippen molar-refractivity contribution < 1.29 is 14.3 Å². The lowest BCUT2D eigenvalue weighted by molar-refractivity contribution is -0.145. The molecule has 1 aromatic rings. The number of rotatable bonds is 4. The average molecular weight is 315 g/mol. The minimum absolute atomic E-state index is 0.135. The van der Waals surface area contributed by atoms with Crippen LogP contribution in [0.5, 0.6) is 0 Å². The number of carbonyl (C=O) groups excluding carboxylic acids is 2. The first-order valence-corrected chi connectivity index (χ1v) is 6.79. The summed E-state index contributed by atoms with van der Waals surface area (Å²) < 4.78 is 4.87. The molecule has 1 rings (SSSR count). The van der Waals surface area contributed by atoms with Gasteiger partial charge in [-0.15, -0.1) is 0 Å². The molecule has 0 fully saturated rings. The first-order chi connectivity index (χ1) is 9.20. The Hall–Kier alpha value is -1.32. The van der Waals surface area contributed by atoms with E-state index in [2.05, 4.69) is 0 Å². The highest BCUT2D eigenvalue weighted by Crippen LogP contribution is 2.22. The highest BCUT2D eigenvalue weighted by atomic mass is 35.5. The minimum Gasteiger partial charge on any atom is -0.455 e. The Kier molecular flexibility index (Phi) is 5.78. The molecule has 3 nitrogen and oxygen atoms in total. The number of ether oxygens (including phenoxy) is 1. The van der Waals surface area contributed by atoms with Crippen LogP contribution in [0.1, 0.15) is 26.3 Å². The molecule has 0 aliphatic heterocycles. The summed E-state index contributed by atoms with van der Waals surface area (Å²) in [4.78, 5) is 23.1. The van der Waals surface area contributed by atoms with Crippen LogP contribution in [-0.2, 0) is 14.3 Å². The maximum atomic E-state index is 11.6. The summed E-state index contributed by atoms with van der Waals surface area (Å²) in [6.07, 6.45) is 2.74. The Bertz CT molecular complexity index is 543. The van der Waals surface area contributed by atoms with Gasteiger partial charge in [-0.3, -0.25) is 4.79 Å². The summed E-state index contributed by atoms with van der Waals surface area (Å²) in [5.41, 5.74) is 0.124. The molecule has 20 heavy (non-hydrogen) atoms. The highest BCUT2D eigenvalue weighted by molar-refractivity contribution is 6.35. The van der Waals surface area contributed by atoms with Gasteiger partial charge >= 0.3 is 5.97 Å². The van der Waals surface area contributed by atoms with E-state index in [1.807, 2.05) is 0 Å². The largest absolute Gasteiger partial charge is 0.455 e. The summed E-state index contributed by atoms with van der Waals surface area (Å²) in [5, 5.41) is 0.956. The van der Waals surface area contributed by atoms with Crippen molar-refractivity contribution in [2.75, 3.05) is 6.61 Å². The van der Waals surface area contributed by atoms with Crippen LogP contribution in [0, 0.1) is 5.41 Å². The maximum Gasteiger partial charge on any atom is 0.331 e. The molecule has 5 heteroatoms. The molecule has 0 bridgehead atoms. The van der Waals surface area contributed by atoms with E-state index in [-0.39, 0.29) is 12.4 Å². The molecule has 1 aromatic carbocycles. The summed E-state index contributed by atoms with van der Waals surface area (Å²) in [6.45, 7) is 5.08. The average Bonchev–Trinajstić information content (AvgIpc) is 2.33. The van der Waals surface area contributed by atoms with Gasteiger partial charge in [0.1, 0.15) is 0 Å². The Morgan fingerprint density at radius 2 is 1.90 bits per heavy atom. The van der Waals surface area contributed by atoms with Gasteiger partial charge in [-0.25, -0.2) is 4.79 Å². The summed E-state index contributed by atoms with van der Waals surface area (Å²) in [7, 11) is 0. The van der Waals surface area contributed by atoms with Gasteiger partial charge in [-0.2, -0.15) is 0 Å². The number of Topliss-reactive ketones (excluding diaryl/α,β-unsaturated/α-hetero) is 1. The van der Waals surface area contributed by atoms with E-state index in [0.717, 1.165) is 0 Å². The van der Waals surface area contributed by atoms with Crippen LogP contribution in [0.3, 0.4) is 0 Å². The van der Waals surface area contributed by atoms with E-state index in [1.165, 1.54) is 12.2 Å². The van der Waals surface area contributed by atoms with Crippen molar-refractivity contribution >= 4 is 41.0 Å². The van der Waals surface area contributed by atoms with E-state index < -0.39 is 11.4 Å². The zero-order chi connectivity index (χ0) is 15.3. The molecule has 0 radical (unpaired) electrons. The predicted octanol–water partition coefficient (Wildman–Crippen LogP) is 4.17. The quantitative estimate of drug-likeness (QED) is 0.619. The van der Waals surface area contributed by atoms with Crippen molar-refractivity contribution in [3.05, 3.63) is 39.9 Å². The van der Waals surface area contributed by atoms with Crippen LogP contribution >= 0.6 is 23.2 Å². The fourth-order valence-electron chi connectivity index (χ4n) is 1.20. The lowest BCUT2D eigenvalue weighted by Crippen LogP contribution is -2.25. The lowest BCUT2D eigenvalue weighted by Gasteiger charge is -2.15. The van der Waals surface area contributed by atoms with E-state index >= 15 is 0 Å². The molecule has 0 heterocycles. The van der Waals surface area contributed by atoms with E-state index in [1.54, 1.807) is 39.0 Å². The Morgan fingerprint density at radius 3 is 2.45 bits per heavy atom. The second-order valence-electron chi connectivity index (χ2n) is 5.28. The van der Waals surface area contributed by atoms with Gasteiger partial charge in [0.2, 0.25) is 0 Å². The van der Waals surface area contributed by atoms with Crippen LogP contribution in [-0.4, -0.2) is 18.4 Å². The number of esters is 1. The molecule has 0 unspecified atom stereocenters. The summed E-state index contributed by atoms with van der Waals surface area (Å²) in [5.74, 6) is -0.725. The van der Waals surface area contributed by atoms with E-state index in [0.29, 0.717) is 15.6 Å². The second-order valence-corrected chi connectivity index (χ2v) is 6.12. The fourth-order valence-corrected chi connectivity index (χ4v) is 1.67. The number of carbonyl (C=O) groups is 2. The topological polar surface area (TPSA) is 43.4 Å². The Labute approximate surface area is 128 Å². The number of benzene rings is 1. The van der Waals surface area contributed by atoms with E-state index in [4.69, 9.17) is 27.9 Å². The SMILES string of the molecule is CC(C)(C)C(=O)COC(=O)/C=C/c1ccc(Cl)cc1Cl. The van der Waals surface area contributed by atoms with Crippen LogP contribution in [0.2, 0.25) is 10.0 Å². The standard InChI is InChI=1S/C15H16Cl2O3/c1-15(2,3)13(18)9-20-14(19)7-5-10-4-6-11(16)8-12(10)17/h4-8H,9H2,1-3H3/b7-5+. The first-order valence-electron chi connectivity index (χ1n) is 6.03. The third-order valence-electron chi connectivity index (χ3n) is 2.54. The van der Waals surface area contributed by atoms with Gasteiger partial charge in [-0.05, 0) is 23.8 Å². The monoisotopic (exact) mass is 314 g/mol. The van der Waals surface area contributed by atoms with Gasteiger partial charge in [0.25, 0.3) is 0 Å². The molecule has 0 atom stereocenters. The van der Waals surface area contributed by atoms with Crippen molar-refractivity contribution in [1.29, 1.82) is 0 Å². The smallest absolute Gasteiger partial charge is 0.331 e. The molecule has 0 spiro atoms. The second kappa shape index (κ2) is 6.91. The fraction of sp³-hybridized carbons (Fsp3) is 0.333. The Balaban J connectivity index is 2.58. The van der Waals surface area contributed by atoms with Crippen molar-refractivity contribution in [1.82, 2.24) is 0 Å². The van der Waals surface area contributed by atoms with Crippen LogP contribution < -0.4 is 0 Å². The zero-order valence-electron chi connectivity index (χ0n) is 11.6. The van der Waals surface area contributed by atoms with Gasteiger partial charge < -0.3 is 4.74 Å². The normalized spacial score (nSPS) is 11.7. The lowest BCUT2D eigenvalue weighted by atomic mass is 9.91. The third-order valence-corrected chi connectivity index (χ3v) is 3.11. The summed E-state index contributed by atoms with van der Waals surface area (Å²) in [6, 6.07) is 4.94. The van der Waals surface area contributed by atoms with Crippen molar-refractivity contribution in [2.45, 2.75) is 20.8 Å². The summed E-state index contributed by atoms with van der Waals surface area (Å²) >= 11 is 11.7. The van der Waals surface area contributed by atoms with Gasteiger partial charge in [0, 0.05) is 21.5 Å². The minimum atomic E-state index is -0.589. The Morgan fingerprint density at radius 1 is 1.25 bits per heavy atom. The molecule has 0 N–H and O–H groups in total. The molecule has 0 saturated heterocycles. The van der Waals surface area contributed by atoms with E-state index in [9.17, 15) is 9.59 Å². The molecule has 0 aromatic heterocycles. The van der Waals surface area contributed by atoms with Crippen molar-refractivity contribution in [3.8, 4) is 0 Å². The number of halogens is 2. The number of hydrogen-bond donors (Lipinski definition) is 0. The number of hydrogen-bond acceptors (Lipinski definition) is 3. The maximum absolute atomic E-state index is 11.6. The molecular weight excluding hydrogens is 299 g/mol. The van der Waals surface area contributed by atoms with Crippen LogP contribution in [0.4, 0.5) is 0 Å². The molecule has 0 saturated carbocycles. The third kappa shape index (κ3) is 5.35. The molecule has 0 aliphatic rings. The molecular formula is C15H16Cl2O3. The zero-order valence-corrected chi connectivity index (χ0v) is 13.1. The predicted molar refractivity (Wildman–Crippen MR) is 80.9 cm³/mol. The van der Waals surface area contributed by atoms with Crippen LogP contribution in [0.25, 0.3) is 6.08 Å². The highest BCUT2D eigenvalue weighted by Gasteiger charge is 2.21. The van der Waals surface area contributed by atoms with Crippen LogP contribution in [0.15, 0.2) is 24.3 Å². The van der Waals surface area contributed by atoms with Gasteiger partial charge in [0.05, 0.1) is 0 Å². The number of ketones is 1. The van der Waals surface area contributed by atoms with Crippen molar-refractivity contribution in [3.63, 3.8) is 0 Å². The molecule has 108 valence electrons. The van der Waals surface area contributed by atoms with Crippen molar-refractivity contribution in [2.24, 2.45) is 5.41 Å².